The molecule has 0 saturated carbocycles. The van der Waals surface area contributed by atoms with E-state index in [1.807, 2.05) is 0 Å². The van der Waals surface area contributed by atoms with Gasteiger partial charge in [0.25, 0.3) is 0 Å². The number of azo groups is 1. The Bertz CT molecular complexity index is 958. The fraction of sp³-hybridized carbons (Fsp3) is 0.105. The van der Waals surface area contributed by atoms with E-state index in [-0.39, 0.29) is 11.5 Å². The number of phenolic OH excluding ortho intramolecular Hbond substituents is 1. The molecule has 0 aliphatic heterocycles. The third-order valence-electron chi connectivity index (χ3n) is 3.56. The van der Waals surface area contributed by atoms with Crippen LogP contribution in [0.4, 0.5) is 15.1 Å². The van der Waals surface area contributed by atoms with Crippen LogP contribution in [0.5, 0.6) is 11.5 Å². The Morgan fingerprint density at radius 3 is 2.35 bits per heavy atom. The van der Waals surface area contributed by atoms with Gasteiger partial charge in [-0.05, 0) is 73.5 Å². The van der Waals surface area contributed by atoms with Crippen LogP contribution in [0, 0.1) is 19.7 Å². The van der Waals surface area contributed by atoms with Gasteiger partial charge >= 0.3 is 5.97 Å². The summed E-state index contributed by atoms with van der Waals surface area (Å²) >= 11 is 1.14. The average Bonchev–Trinajstić information content (AvgIpc) is 3.09. The number of phenols is 1. The molecule has 0 unspecified atom stereocenters. The fourth-order valence-corrected chi connectivity index (χ4v) is 2.95. The quantitative estimate of drug-likeness (QED) is 0.356. The molecular formula is C19H15FN2O3S. The summed E-state index contributed by atoms with van der Waals surface area (Å²) in [5, 5.41) is 18.6. The van der Waals surface area contributed by atoms with Gasteiger partial charge in [-0.2, -0.15) is 0 Å². The van der Waals surface area contributed by atoms with Crippen molar-refractivity contribution in [3.63, 3.8) is 0 Å². The zero-order chi connectivity index (χ0) is 18.7. The maximum Gasteiger partial charge on any atom is 0.353 e. The standard InChI is InChI=1S/C19H15FN2O3S/c1-11-9-14(10-12(2)18(11)23)21-22-17-8-7-16(26-17)19(24)25-15-5-3-13(20)4-6-15/h3-10,23H,1-2H3/b22-21+. The van der Waals surface area contributed by atoms with E-state index in [1.165, 1.54) is 24.3 Å². The van der Waals surface area contributed by atoms with Crippen molar-refractivity contribution >= 4 is 28.0 Å². The lowest BCUT2D eigenvalue weighted by molar-refractivity contribution is 0.0739. The highest BCUT2D eigenvalue weighted by Gasteiger charge is 2.12. The Balaban J connectivity index is 1.71. The minimum Gasteiger partial charge on any atom is -0.507 e. The molecule has 0 bridgehead atoms. The van der Waals surface area contributed by atoms with E-state index in [9.17, 15) is 14.3 Å². The first kappa shape index (κ1) is 17.8. The lowest BCUT2D eigenvalue weighted by atomic mass is 10.1. The van der Waals surface area contributed by atoms with E-state index >= 15 is 0 Å². The van der Waals surface area contributed by atoms with Crippen molar-refractivity contribution in [2.45, 2.75) is 13.8 Å². The summed E-state index contributed by atoms with van der Waals surface area (Å²) in [4.78, 5) is 12.5. The Morgan fingerprint density at radius 1 is 1.04 bits per heavy atom. The minimum absolute atomic E-state index is 0.242. The van der Waals surface area contributed by atoms with Crippen LogP contribution in [0.3, 0.4) is 0 Å². The van der Waals surface area contributed by atoms with Crippen molar-refractivity contribution in [2.24, 2.45) is 10.2 Å². The van der Waals surface area contributed by atoms with Crippen LogP contribution in [-0.2, 0) is 0 Å². The molecule has 5 nitrogen and oxygen atoms in total. The van der Waals surface area contributed by atoms with Crippen LogP contribution >= 0.6 is 11.3 Å². The highest BCUT2D eigenvalue weighted by atomic mass is 32.1. The van der Waals surface area contributed by atoms with Gasteiger partial charge in [-0.15, -0.1) is 21.6 Å². The number of carbonyl (C=O) groups is 1. The Hall–Kier alpha value is -3.06. The number of carbonyl (C=O) groups excluding carboxylic acids is 1. The number of aryl methyl sites for hydroxylation is 2. The third kappa shape index (κ3) is 4.12. The number of nitrogens with zero attached hydrogens (tertiary/aromatic N) is 2. The third-order valence-corrected chi connectivity index (χ3v) is 4.51. The van der Waals surface area contributed by atoms with E-state index < -0.39 is 11.8 Å². The lowest BCUT2D eigenvalue weighted by Crippen LogP contribution is -2.06. The SMILES string of the molecule is Cc1cc(/N=N/c2ccc(C(=O)Oc3ccc(F)cc3)s2)cc(C)c1O. The molecule has 0 radical (unpaired) electrons. The van der Waals surface area contributed by atoms with Crippen LogP contribution in [-0.4, -0.2) is 11.1 Å². The summed E-state index contributed by atoms with van der Waals surface area (Å²) in [7, 11) is 0. The topological polar surface area (TPSA) is 71.2 Å². The molecular weight excluding hydrogens is 355 g/mol. The van der Waals surface area contributed by atoms with E-state index in [1.54, 1.807) is 38.1 Å². The fourth-order valence-electron chi connectivity index (χ4n) is 2.25. The van der Waals surface area contributed by atoms with Gasteiger partial charge in [-0.3, -0.25) is 0 Å². The highest BCUT2D eigenvalue weighted by molar-refractivity contribution is 7.17. The van der Waals surface area contributed by atoms with Gasteiger partial charge < -0.3 is 9.84 Å². The molecule has 0 aliphatic carbocycles. The van der Waals surface area contributed by atoms with Gasteiger partial charge in [0.2, 0.25) is 0 Å². The molecule has 0 atom stereocenters. The first-order chi connectivity index (χ1) is 12.4. The van der Waals surface area contributed by atoms with Gasteiger partial charge in [0, 0.05) is 0 Å². The summed E-state index contributed by atoms with van der Waals surface area (Å²) in [5.41, 5.74) is 2.05. The molecule has 0 fully saturated rings. The van der Waals surface area contributed by atoms with Crippen molar-refractivity contribution in [3.8, 4) is 11.5 Å². The normalized spacial score (nSPS) is 11.0. The number of esters is 1. The number of benzene rings is 2. The van der Waals surface area contributed by atoms with Crippen LogP contribution in [0.25, 0.3) is 0 Å². The number of rotatable bonds is 4. The largest absolute Gasteiger partial charge is 0.507 e. The van der Waals surface area contributed by atoms with Crippen molar-refractivity contribution in [1.29, 1.82) is 0 Å². The van der Waals surface area contributed by atoms with Gasteiger partial charge in [0.05, 0.1) is 5.69 Å². The summed E-state index contributed by atoms with van der Waals surface area (Å²) in [6, 6.07) is 11.9. The van der Waals surface area contributed by atoms with E-state index in [0.717, 1.165) is 11.3 Å². The molecule has 7 heteroatoms. The molecule has 3 rings (SSSR count). The van der Waals surface area contributed by atoms with Crippen molar-refractivity contribution in [2.75, 3.05) is 0 Å². The second-order valence-electron chi connectivity index (χ2n) is 5.61. The van der Waals surface area contributed by atoms with Crippen molar-refractivity contribution < 1.29 is 19.0 Å². The molecule has 0 aliphatic rings. The first-order valence-electron chi connectivity index (χ1n) is 7.72. The number of halogens is 1. The molecule has 0 spiro atoms. The zero-order valence-electron chi connectivity index (χ0n) is 14.1. The first-order valence-corrected chi connectivity index (χ1v) is 8.53. The smallest absolute Gasteiger partial charge is 0.353 e. The second kappa shape index (κ2) is 7.45. The Labute approximate surface area is 153 Å². The van der Waals surface area contributed by atoms with Crippen molar-refractivity contribution in [3.05, 3.63) is 70.4 Å². The molecule has 0 saturated heterocycles. The number of ether oxygens (including phenoxy) is 1. The van der Waals surface area contributed by atoms with Crippen LogP contribution in [0.15, 0.2) is 58.8 Å². The lowest BCUT2D eigenvalue weighted by Gasteiger charge is -2.03. The average molecular weight is 370 g/mol. The van der Waals surface area contributed by atoms with E-state index in [0.29, 0.717) is 26.7 Å². The van der Waals surface area contributed by atoms with Crippen LogP contribution < -0.4 is 4.74 Å². The minimum atomic E-state index is -0.542. The summed E-state index contributed by atoms with van der Waals surface area (Å²) in [6.07, 6.45) is 0. The molecule has 1 heterocycles. The predicted octanol–water partition coefficient (Wildman–Crippen LogP) is 5.84. The van der Waals surface area contributed by atoms with Crippen LogP contribution in [0.1, 0.15) is 20.8 Å². The second-order valence-corrected chi connectivity index (χ2v) is 6.67. The number of thiophene rings is 1. The van der Waals surface area contributed by atoms with Gasteiger partial charge in [-0.25, -0.2) is 9.18 Å². The van der Waals surface area contributed by atoms with Gasteiger partial charge in [0.1, 0.15) is 27.2 Å². The Kier molecular flexibility index (Phi) is 5.09. The van der Waals surface area contributed by atoms with Gasteiger partial charge in [-0.1, -0.05) is 0 Å². The van der Waals surface area contributed by atoms with E-state index in [2.05, 4.69) is 10.2 Å². The summed E-state index contributed by atoms with van der Waals surface area (Å²) < 4.78 is 18.1. The molecule has 0 amide bonds. The number of hydrogen-bond acceptors (Lipinski definition) is 6. The molecule has 3 aromatic rings. The van der Waals surface area contributed by atoms with Crippen LogP contribution in [0.2, 0.25) is 0 Å². The molecule has 2 aromatic carbocycles. The van der Waals surface area contributed by atoms with E-state index in [4.69, 9.17) is 4.74 Å². The Morgan fingerprint density at radius 2 is 1.69 bits per heavy atom. The maximum atomic E-state index is 12.9. The van der Waals surface area contributed by atoms with Crippen molar-refractivity contribution in [1.82, 2.24) is 0 Å². The summed E-state index contributed by atoms with van der Waals surface area (Å²) in [6.45, 7) is 3.58. The molecule has 132 valence electrons. The predicted molar refractivity (Wildman–Crippen MR) is 97.4 cm³/mol. The molecule has 26 heavy (non-hydrogen) atoms. The highest BCUT2D eigenvalue weighted by Crippen LogP contribution is 2.31. The molecule has 1 aromatic heterocycles. The number of hydrogen-bond donors (Lipinski definition) is 1. The monoisotopic (exact) mass is 370 g/mol. The number of aromatic hydroxyl groups is 1. The molecule has 1 N–H and O–H groups in total. The maximum absolute atomic E-state index is 12.9. The van der Waals surface area contributed by atoms with Gasteiger partial charge in [0.15, 0.2) is 0 Å². The summed E-state index contributed by atoms with van der Waals surface area (Å²) in [5.74, 6) is -0.434. The zero-order valence-corrected chi connectivity index (χ0v) is 14.9.